The molecule has 8 heteroatoms. The third-order valence-electron chi connectivity index (χ3n) is 5.18. The highest BCUT2D eigenvalue weighted by Crippen LogP contribution is 2.30. The van der Waals surface area contributed by atoms with E-state index in [9.17, 15) is 14.0 Å². The van der Waals surface area contributed by atoms with Gasteiger partial charge in [-0.25, -0.2) is 14.4 Å². The predicted octanol–water partition coefficient (Wildman–Crippen LogP) is 5.22. The molecule has 4 rings (SSSR count). The van der Waals surface area contributed by atoms with Gasteiger partial charge in [0.05, 0.1) is 5.69 Å². The Hall–Kier alpha value is -2.87. The fraction of sp³-hybridized carbons (Fsp3) is 0.167. The minimum atomic E-state index is -0.903. The first-order chi connectivity index (χ1) is 15.4. The number of hydrogen-bond donors (Lipinski definition) is 1. The van der Waals surface area contributed by atoms with Crippen molar-refractivity contribution in [3.05, 3.63) is 89.2 Å². The second-order valence-electron chi connectivity index (χ2n) is 7.37. The van der Waals surface area contributed by atoms with E-state index in [0.29, 0.717) is 22.0 Å². The van der Waals surface area contributed by atoms with Gasteiger partial charge in [0.1, 0.15) is 11.7 Å². The number of thioether (sulfide) groups is 1. The van der Waals surface area contributed by atoms with Gasteiger partial charge in [-0.1, -0.05) is 23.7 Å². The van der Waals surface area contributed by atoms with Gasteiger partial charge in [0, 0.05) is 28.7 Å². The molecule has 2 amide bonds. The fourth-order valence-electron chi connectivity index (χ4n) is 3.61. The average Bonchev–Trinajstić information content (AvgIpc) is 3.11. The lowest BCUT2D eigenvalue weighted by molar-refractivity contribution is -0.128. The van der Waals surface area contributed by atoms with Gasteiger partial charge in [-0.15, -0.1) is 11.8 Å². The second-order valence-corrected chi connectivity index (χ2v) is 8.69. The van der Waals surface area contributed by atoms with Crippen LogP contribution in [0.5, 0.6) is 0 Å². The van der Waals surface area contributed by atoms with Crippen molar-refractivity contribution >= 4 is 46.6 Å². The molecule has 3 aromatic carbocycles. The number of nitrogens with zero attached hydrogens (tertiary/aromatic N) is 2. The van der Waals surface area contributed by atoms with E-state index in [1.807, 2.05) is 30.5 Å². The Morgan fingerprint density at radius 2 is 1.84 bits per heavy atom. The standard InChI is InChI=1S/C24H21ClFN3O2S/c1-32-21-11-7-19(8-12-21)27-23(30)22-15-28(14-16-3-2-4-18(26)13-16)29(24(22)31)20-9-5-17(25)6-10-20/h2-13,22H,14-15H2,1H3,(H,27,30). The first-order valence-electron chi connectivity index (χ1n) is 9.98. The molecule has 0 aromatic heterocycles. The lowest BCUT2D eigenvalue weighted by Crippen LogP contribution is -2.39. The molecule has 1 unspecified atom stereocenters. The summed E-state index contributed by atoms with van der Waals surface area (Å²) in [7, 11) is 0. The minimum Gasteiger partial charge on any atom is -0.325 e. The number of hydrazine groups is 1. The topological polar surface area (TPSA) is 52.7 Å². The molecule has 3 aromatic rings. The number of amides is 2. The summed E-state index contributed by atoms with van der Waals surface area (Å²) in [5.41, 5.74) is 1.92. The molecule has 5 nitrogen and oxygen atoms in total. The largest absolute Gasteiger partial charge is 0.325 e. The molecule has 1 aliphatic rings. The average molecular weight is 470 g/mol. The number of halogens is 2. The van der Waals surface area contributed by atoms with Crippen molar-refractivity contribution < 1.29 is 14.0 Å². The van der Waals surface area contributed by atoms with Crippen molar-refractivity contribution in [2.24, 2.45) is 5.92 Å². The van der Waals surface area contributed by atoms with Crippen molar-refractivity contribution in [2.75, 3.05) is 23.1 Å². The summed E-state index contributed by atoms with van der Waals surface area (Å²) in [4.78, 5) is 27.4. The van der Waals surface area contributed by atoms with E-state index in [1.165, 1.54) is 17.1 Å². The summed E-state index contributed by atoms with van der Waals surface area (Å²) in [6.07, 6.45) is 1.98. The van der Waals surface area contributed by atoms with Gasteiger partial charge in [-0.3, -0.25) is 9.59 Å². The molecule has 0 saturated carbocycles. The Morgan fingerprint density at radius 1 is 1.12 bits per heavy atom. The first kappa shape index (κ1) is 22.3. The summed E-state index contributed by atoms with van der Waals surface area (Å²) in [6, 6.07) is 20.5. The van der Waals surface area contributed by atoms with Gasteiger partial charge < -0.3 is 5.32 Å². The maximum absolute atomic E-state index is 13.7. The zero-order valence-corrected chi connectivity index (χ0v) is 18.9. The third kappa shape index (κ3) is 4.96. The number of rotatable bonds is 6. The smallest absolute Gasteiger partial charge is 0.255 e. The van der Waals surface area contributed by atoms with E-state index in [0.717, 1.165) is 4.90 Å². The summed E-state index contributed by atoms with van der Waals surface area (Å²) in [6.45, 7) is 0.449. The van der Waals surface area contributed by atoms with E-state index in [4.69, 9.17) is 11.6 Å². The molecule has 1 saturated heterocycles. The predicted molar refractivity (Wildman–Crippen MR) is 126 cm³/mol. The zero-order valence-electron chi connectivity index (χ0n) is 17.3. The van der Waals surface area contributed by atoms with Crippen LogP contribution in [-0.4, -0.2) is 29.6 Å². The molecular weight excluding hydrogens is 449 g/mol. The van der Waals surface area contributed by atoms with Gasteiger partial charge in [-0.2, -0.15) is 0 Å². The third-order valence-corrected chi connectivity index (χ3v) is 6.18. The quantitative estimate of drug-likeness (QED) is 0.397. The van der Waals surface area contributed by atoms with Crippen LogP contribution in [0.2, 0.25) is 5.02 Å². The van der Waals surface area contributed by atoms with E-state index >= 15 is 0 Å². The second kappa shape index (κ2) is 9.73. The number of benzene rings is 3. The molecular formula is C24H21ClFN3O2S. The van der Waals surface area contributed by atoms with Crippen LogP contribution in [0, 0.1) is 11.7 Å². The molecule has 0 bridgehead atoms. The molecule has 32 heavy (non-hydrogen) atoms. The van der Waals surface area contributed by atoms with Crippen molar-refractivity contribution in [3.8, 4) is 0 Å². The summed E-state index contributed by atoms with van der Waals surface area (Å²) in [5.74, 6) is -1.98. The van der Waals surface area contributed by atoms with Crippen molar-refractivity contribution in [3.63, 3.8) is 0 Å². The highest BCUT2D eigenvalue weighted by molar-refractivity contribution is 7.98. The molecule has 1 aliphatic heterocycles. The molecule has 1 N–H and O–H groups in total. The highest BCUT2D eigenvalue weighted by Gasteiger charge is 2.43. The molecule has 1 fully saturated rings. The maximum Gasteiger partial charge on any atom is 0.255 e. The first-order valence-corrected chi connectivity index (χ1v) is 11.6. The van der Waals surface area contributed by atoms with E-state index in [-0.39, 0.29) is 30.7 Å². The maximum atomic E-state index is 13.7. The van der Waals surface area contributed by atoms with Crippen LogP contribution in [-0.2, 0) is 16.1 Å². The van der Waals surface area contributed by atoms with Gasteiger partial charge in [0.2, 0.25) is 5.91 Å². The summed E-state index contributed by atoms with van der Waals surface area (Å²) < 4.78 is 13.7. The van der Waals surface area contributed by atoms with Crippen LogP contribution in [0.15, 0.2) is 77.7 Å². The van der Waals surface area contributed by atoms with Crippen LogP contribution in [0.25, 0.3) is 0 Å². The van der Waals surface area contributed by atoms with Gasteiger partial charge in [0.25, 0.3) is 5.91 Å². The Balaban J connectivity index is 1.58. The number of anilines is 2. The van der Waals surface area contributed by atoms with Gasteiger partial charge in [0.15, 0.2) is 0 Å². The fourth-order valence-corrected chi connectivity index (χ4v) is 4.14. The number of carbonyl (C=O) groups is 2. The molecule has 0 radical (unpaired) electrons. The zero-order chi connectivity index (χ0) is 22.7. The SMILES string of the molecule is CSc1ccc(NC(=O)C2CN(Cc3cccc(F)c3)N(c3ccc(Cl)cc3)C2=O)cc1. The molecule has 1 atom stereocenters. The lowest BCUT2D eigenvalue weighted by atomic mass is 10.1. The van der Waals surface area contributed by atoms with Crippen molar-refractivity contribution in [1.29, 1.82) is 0 Å². The normalized spacial score (nSPS) is 16.4. The highest BCUT2D eigenvalue weighted by atomic mass is 35.5. The van der Waals surface area contributed by atoms with E-state index in [2.05, 4.69) is 5.32 Å². The summed E-state index contributed by atoms with van der Waals surface area (Å²) >= 11 is 7.61. The van der Waals surface area contributed by atoms with Gasteiger partial charge in [-0.05, 0) is 72.5 Å². The Bertz CT molecular complexity index is 1120. The van der Waals surface area contributed by atoms with Crippen LogP contribution < -0.4 is 10.3 Å². The monoisotopic (exact) mass is 469 g/mol. The Kier molecular flexibility index (Phi) is 6.79. The van der Waals surface area contributed by atoms with E-state index in [1.54, 1.807) is 53.2 Å². The van der Waals surface area contributed by atoms with Crippen LogP contribution in [0.1, 0.15) is 5.56 Å². The van der Waals surface area contributed by atoms with Crippen LogP contribution in [0.3, 0.4) is 0 Å². The Labute approximate surface area is 195 Å². The number of hydrogen-bond acceptors (Lipinski definition) is 4. The van der Waals surface area contributed by atoms with Crippen molar-refractivity contribution in [1.82, 2.24) is 5.01 Å². The Morgan fingerprint density at radius 3 is 2.50 bits per heavy atom. The molecule has 164 valence electrons. The van der Waals surface area contributed by atoms with Crippen molar-refractivity contribution in [2.45, 2.75) is 11.4 Å². The number of nitrogens with one attached hydrogen (secondary N) is 1. The minimum absolute atomic E-state index is 0.173. The number of carbonyl (C=O) groups excluding carboxylic acids is 2. The lowest BCUT2D eigenvalue weighted by Gasteiger charge is -2.27. The van der Waals surface area contributed by atoms with Gasteiger partial charge >= 0.3 is 0 Å². The summed E-state index contributed by atoms with van der Waals surface area (Å²) in [5, 5.41) is 6.60. The molecule has 0 aliphatic carbocycles. The van der Waals surface area contributed by atoms with Crippen LogP contribution in [0.4, 0.5) is 15.8 Å². The van der Waals surface area contributed by atoms with Crippen LogP contribution >= 0.6 is 23.4 Å². The molecule has 1 heterocycles. The molecule has 0 spiro atoms. The van der Waals surface area contributed by atoms with E-state index < -0.39 is 5.92 Å².